The summed E-state index contributed by atoms with van der Waals surface area (Å²) < 4.78 is 26.7. The number of hydrogen-bond donors (Lipinski definition) is 4. The van der Waals surface area contributed by atoms with Gasteiger partial charge >= 0.3 is 5.97 Å². The zero-order valence-corrected chi connectivity index (χ0v) is 10.3. The van der Waals surface area contributed by atoms with E-state index in [0.29, 0.717) is 0 Å². The molecule has 4 N–H and O–H groups in total. The van der Waals surface area contributed by atoms with Crippen LogP contribution in [-0.2, 0) is 15.0 Å². The summed E-state index contributed by atoms with van der Waals surface area (Å²) in [7, 11) is -3.77. The average Bonchev–Trinajstić information content (AvgIpc) is 2.12. The van der Waals surface area contributed by atoms with Crippen LogP contribution in [0.4, 0.5) is 0 Å². The van der Waals surface area contributed by atoms with E-state index in [1.165, 1.54) is 0 Å². The Kier molecular flexibility index (Phi) is 5.33. The van der Waals surface area contributed by atoms with E-state index in [1.807, 2.05) is 18.6 Å². The third-order valence-corrected chi connectivity index (χ3v) is 2.82. The van der Waals surface area contributed by atoms with Gasteiger partial charge in [-0.05, 0) is 12.8 Å². The summed E-state index contributed by atoms with van der Waals surface area (Å²) in [4.78, 5) is 10.5. The number of hydrogen-bond acceptors (Lipinski definition) is 4. The molecule has 0 aliphatic rings. The van der Waals surface area contributed by atoms with Gasteiger partial charge < -0.3 is 10.2 Å². The summed E-state index contributed by atoms with van der Waals surface area (Å²) in [5.41, 5.74) is -2.12. The van der Waals surface area contributed by atoms with Crippen LogP contribution in [0.15, 0.2) is 0 Å². The molecule has 0 fully saturated rings. The second-order valence-electron chi connectivity index (χ2n) is 4.15. The molecule has 7 nitrogen and oxygen atoms in total. The number of carboxylic acid groups (broad SMARTS) is 1. The van der Waals surface area contributed by atoms with Gasteiger partial charge in [0.05, 0.1) is 6.54 Å². The number of nitrogens with one attached hydrogen (secondary N) is 2. The van der Waals surface area contributed by atoms with Crippen LogP contribution in [0.3, 0.4) is 0 Å². The van der Waals surface area contributed by atoms with Crippen molar-refractivity contribution in [1.29, 1.82) is 0 Å². The van der Waals surface area contributed by atoms with Gasteiger partial charge in [0.2, 0.25) is 0 Å². The summed E-state index contributed by atoms with van der Waals surface area (Å²) in [6.07, 6.45) is 0. The molecule has 8 heteroatoms. The average molecular weight is 254 g/mol. The molecule has 0 aliphatic carbocycles. The molecule has 0 amide bonds. The lowest BCUT2D eigenvalue weighted by Crippen LogP contribution is -2.49. The Morgan fingerprint density at radius 3 is 2.25 bits per heavy atom. The molecule has 0 spiro atoms. The Hall–Kier alpha value is -0.700. The molecule has 0 saturated heterocycles. The van der Waals surface area contributed by atoms with Crippen molar-refractivity contribution < 1.29 is 23.4 Å². The van der Waals surface area contributed by atoms with Crippen LogP contribution < -0.4 is 9.44 Å². The number of carboxylic acids is 1. The minimum absolute atomic E-state index is 0.136. The normalized spacial score (nSPS) is 16.1. The highest BCUT2D eigenvalue weighted by molar-refractivity contribution is 7.87. The molecule has 0 aromatic carbocycles. The number of aliphatic hydroxyl groups is 1. The minimum atomic E-state index is -3.77. The lowest BCUT2D eigenvalue weighted by molar-refractivity contribution is -0.155. The molecular formula is C8H18N2O5S. The van der Waals surface area contributed by atoms with Crippen molar-refractivity contribution in [2.24, 2.45) is 5.92 Å². The van der Waals surface area contributed by atoms with Crippen molar-refractivity contribution in [3.63, 3.8) is 0 Å². The quantitative estimate of drug-likeness (QED) is 0.460. The molecule has 16 heavy (non-hydrogen) atoms. The van der Waals surface area contributed by atoms with Gasteiger partial charge in [0.25, 0.3) is 10.2 Å². The Balaban J connectivity index is 4.25. The predicted octanol–water partition coefficient (Wildman–Crippen LogP) is -1.10. The van der Waals surface area contributed by atoms with Crippen LogP contribution in [-0.4, -0.2) is 43.3 Å². The molecule has 0 saturated carbocycles. The number of carbonyl (C=O) groups is 1. The summed E-state index contributed by atoms with van der Waals surface area (Å²) in [5, 5.41) is 17.8. The van der Waals surface area contributed by atoms with Gasteiger partial charge in [-0.25, -0.2) is 9.52 Å². The SMILES string of the molecule is CC(C)CNS(=O)(=O)NCC(C)(O)C(=O)O. The summed E-state index contributed by atoms with van der Waals surface area (Å²) >= 11 is 0. The Labute approximate surface area is 95.0 Å². The van der Waals surface area contributed by atoms with Crippen molar-refractivity contribution >= 4 is 16.2 Å². The molecule has 0 radical (unpaired) electrons. The number of rotatable bonds is 7. The van der Waals surface area contributed by atoms with Crippen molar-refractivity contribution in [1.82, 2.24) is 9.44 Å². The van der Waals surface area contributed by atoms with Crippen LogP contribution in [0, 0.1) is 5.92 Å². The van der Waals surface area contributed by atoms with Gasteiger partial charge in [-0.3, -0.25) is 0 Å². The first kappa shape index (κ1) is 15.3. The smallest absolute Gasteiger partial charge is 0.336 e. The van der Waals surface area contributed by atoms with E-state index >= 15 is 0 Å². The van der Waals surface area contributed by atoms with Crippen molar-refractivity contribution in [3.8, 4) is 0 Å². The third kappa shape index (κ3) is 6.01. The van der Waals surface area contributed by atoms with E-state index in [9.17, 15) is 18.3 Å². The standard InChI is InChI=1S/C8H18N2O5S/c1-6(2)4-9-16(14,15)10-5-8(3,13)7(11)12/h6,9-10,13H,4-5H2,1-3H3,(H,11,12). The molecule has 0 heterocycles. The first-order valence-electron chi connectivity index (χ1n) is 4.77. The van der Waals surface area contributed by atoms with E-state index in [-0.39, 0.29) is 12.5 Å². The third-order valence-electron chi connectivity index (χ3n) is 1.75. The fourth-order valence-electron chi connectivity index (χ4n) is 0.639. The van der Waals surface area contributed by atoms with Crippen LogP contribution in [0.2, 0.25) is 0 Å². The topological polar surface area (TPSA) is 116 Å². The molecule has 0 aliphatic heterocycles. The van der Waals surface area contributed by atoms with E-state index in [1.54, 1.807) is 0 Å². The lowest BCUT2D eigenvalue weighted by atomic mass is 10.1. The molecular weight excluding hydrogens is 236 g/mol. The van der Waals surface area contributed by atoms with Gasteiger partial charge in [0.1, 0.15) is 0 Å². The number of aliphatic carboxylic acids is 1. The summed E-state index contributed by atoms with van der Waals surface area (Å²) in [6, 6.07) is 0. The van der Waals surface area contributed by atoms with Crippen LogP contribution >= 0.6 is 0 Å². The van der Waals surface area contributed by atoms with Gasteiger partial charge in [-0.15, -0.1) is 0 Å². The van der Waals surface area contributed by atoms with Gasteiger partial charge in [0, 0.05) is 6.54 Å². The van der Waals surface area contributed by atoms with Crippen LogP contribution in [0.1, 0.15) is 20.8 Å². The lowest BCUT2D eigenvalue weighted by Gasteiger charge is -2.18. The van der Waals surface area contributed by atoms with Gasteiger partial charge in [0.15, 0.2) is 5.60 Å². The highest BCUT2D eigenvalue weighted by Crippen LogP contribution is 2.01. The molecule has 0 rings (SSSR count). The highest BCUT2D eigenvalue weighted by atomic mass is 32.2. The van der Waals surface area contributed by atoms with Gasteiger partial charge in [-0.2, -0.15) is 13.1 Å². The maximum atomic E-state index is 11.3. The Morgan fingerprint density at radius 1 is 1.38 bits per heavy atom. The van der Waals surface area contributed by atoms with Crippen molar-refractivity contribution in [2.75, 3.05) is 13.1 Å². The molecule has 1 unspecified atom stereocenters. The first-order chi connectivity index (χ1) is 7.07. The molecule has 0 aromatic rings. The maximum Gasteiger partial charge on any atom is 0.336 e. The second kappa shape index (κ2) is 5.58. The summed E-state index contributed by atoms with van der Waals surface area (Å²) in [5.74, 6) is -1.35. The van der Waals surface area contributed by atoms with Crippen LogP contribution in [0.5, 0.6) is 0 Å². The molecule has 96 valence electrons. The Morgan fingerprint density at radius 2 is 1.88 bits per heavy atom. The Bertz CT molecular complexity index is 336. The fourth-order valence-corrected chi connectivity index (χ4v) is 1.76. The van der Waals surface area contributed by atoms with E-state index in [0.717, 1.165) is 6.92 Å². The maximum absolute atomic E-state index is 11.3. The van der Waals surface area contributed by atoms with Crippen molar-refractivity contribution in [2.45, 2.75) is 26.4 Å². The first-order valence-corrected chi connectivity index (χ1v) is 6.25. The molecule has 0 bridgehead atoms. The zero-order chi connectivity index (χ0) is 13.0. The molecule has 0 aromatic heterocycles. The van der Waals surface area contributed by atoms with E-state index < -0.39 is 28.3 Å². The highest BCUT2D eigenvalue weighted by Gasteiger charge is 2.31. The zero-order valence-electron chi connectivity index (χ0n) is 9.52. The minimum Gasteiger partial charge on any atom is -0.479 e. The van der Waals surface area contributed by atoms with Crippen LogP contribution in [0.25, 0.3) is 0 Å². The monoisotopic (exact) mass is 254 g/mol. The summed E-state index contributed by atoms with van der Waals surface area (Å²) in [6.45, 7) is 4.33. The van der Waals surface area contributed by atoms with E-state index in [2.05, 4.69) is 4.72 Å². The van der Waals surface area contributed by atoms with Gasteiger partial charge in [-0.1, -0.05) is 13.8 Å². The predicted molar refractivity (Wildman–Crippen MR) is 58.0 cm³/mol. The van der Waals surface area contributed by atoms with Crippen molar-refractivity contribution in [3.05, 3.63) is 0 Å². The largest absolute Gasteiger partial charge is 0.479 e. The second-order valence-corrected chi connectivity index (χ2v) is 5.73. The fraction of sp³-hybridized carbons (Fsp3) is 0.875. The molecule has 1 atom stereocenters. The van der Waals surface area contributed by atoms with E-state index in [4.69, 9.17) is 5.11 Å².